The third-order valence-corrected chi connectivity index (χ3v) is 3.80. The van der Waals surface area contributed by atoms with Crippen molar-refractivity contribution in [1.82, 2.24) is 0 Å². The molecule has 1 amide bonds. The second kappa shape index (κ2) is 12.7. The number of unbranched alkanes of at least 4 members (excludes halogenated alkanes) is 8. The van der Waals surface area contributed by atoms with Crippen LogP contribution in [0.4, 0.5) is 5.69 Å². The van der Waals surface area contributed by atoms with E-state index >= 15 is 0 Å². The summed E-state index contributed by atoms with van der Waals surface area (Å²) < 4.78 is 4.58. The molecule has 0 saturated carbocycles. The van der Waals surface area contributed by atoms with Crippen molar-refractivity contribution in [3.63, 3.8) is 0 Å². The molecule has 1 radical (unpaired) electrons. The zero-order valence-corrected chi connectivity index (χ0v) is 14.1. The quantitative estimate of drug-likeness (QED) is 0.521. The maximum atomic E-state index is 11.8. The van der Waals surface area contributed by atoms with Crippen LogP contribution in [0.2, 0.25) is 0 Å². The first-order chi connectivity index (χ1) is 11.3. The Kier molecular flexibility index (Phi) is 10.6. The van der Waals surface area contributed by atoms with Gasteiger partial charge in [0.2, 0.25) is 5.91 Å². The van der Waals surface area contributed by atoms with Gasteiger partial charge in [0.05, 0.1) is 0 Å². The Labute approximate surface area is 139 Å². The van der Waals surface area contributed by atoms with Crippen molar-refractivity contribution < 1.29 is 14.3 Å². The number of anilines is 1. The lowest BCUT2D eigenvalue weighted by Crippen LogP contribution is -2.10. The van der Waals surface area contributed by atoms with Crippen molar-refractivity contribution in [3.05, 3.63) is 24.3 Å². The molecule has 0 aromatic heterocycles. The van der Waals surface area contributed by atoms with Crippen LogP contribution in [-0.4, -0.2) is 12.4 Å². The van der Waals surface area contributed by atoms with E-state index in [1.165, 1.54) is 51.4 Å². The topological polar surface area (TPSA) is 55.4 Å². The molecular formula is C19H28NO3. The third kappa shape index (κ3) is 9.72. The highest BCUT2D eigenvalue weighted by atomic mass is 16.5. The molecular weight excluding hydrogens is 290 g/mol. The SMILES string of the molecule is CCCCCCCCCCCC(=O)Nc1ccc(O[C]=O)cc1. The summed E-state index contributed by atoms with van der Waals surface area (Å²) in [6, 6.07) is 6.67. The van der Waals surface area contributed by atoms with Crippen LogP contribution in [-0.2, 0) is 9.59 Å². The van der Waals surface area contributed by atoms with Crippen LogP contribution in [0, 0.1) is 0 Å². The number of hydrogen-bond donors (Lipinski definition) is 1. The Hall–Kier alpha value is -1.84. The monoisotopic (exact) mass is 318 g/mol. The molecule has 0 aliphatic rings. The average Bonchev–Trinajstić information content (AvgIpc) is 2.55. The number of carbonyl (C=O) groups excluding carboxylic acids is 2. The number of amides is 1. The van der Waals surface area contributed by atoms with Crippen LogP contribution in [0.3, 0.4) is 0 Å². The summed E-state index contributed by atoms with van der Waals surface area (Å²) >= 11 is 0. The van der Waals surface area contributed by atoms with E-state index in [1.807, 2.05) is 0 Å². The molecule has 0 fully saturated rings. The van der Waals surface area contributed by atoms with Gasteiger partial charge in [0.15, 0.2) is 0 Å². The fourth-order valence-corrected chi connectivity index (χ4v) is 2.47. The number of ether oxygens (including phenoxy) is 1. The summed E-state index contributed by atoms with van der Waals surface area (Å²) in [5.74, 6) is 0.445. The summed E-state index contributed by atoms with van der Waals surface area (Å²) in [6.45, 7) is 3.60. The molecule has 4 nitrogen and oxygen atoms in total. The van der Waals surface area contributed by atoms with Gasteiger partial charge in [-0.3, -0.25) is 4.79 Å². The number of rotatable bonds is 13. The average molecular weight is 318 g/mol. The van der Waals surface area contributed by atoms with Crippen LogP contribution in [0.1, 0.15) is 71.1 Å². The molecule has 23 heavy (non-hydrogen) atoms. The largest absolute Gasteiger partial charge is 0.423 e. The highest BCUT2D eigenvalue weighted by molar-refractivity contribution is 5.90. The van der Waals surface area contributed by atoms with E-state index in [-0.39, 0.29) is 5.91 Å². The van der Waals surface area contributed by atoms with Gasteiger partial charge in [0.1, 0.15) is 5.75 Å². The smallest absolute Gasteiger partial charge is 0.418 e. The zero-order valence-electron chi connectivity index (χ0n) is 14.1. The number of hydrogen-bond acceptors (Lipinski definition) is 3. The van der Waals surface area contributed by atoms with E-state index in [0.717, 1.165) is 12.8 Å². The van der Waals surface area contributed by atoms with E-state index in [2.05, 4.69) is 17.0 Å². The Morgan fingerprint density at radius 1 is 0.957 bits per heavy atom. The molecule has 0 saturated heterocycles. The van der Waals surface area contributed by atoms with Gasteiger partial charge < -0.3 is 10.1 Å². The van der Waals surface area contributed by atoms with E-state index < -0.39 is 0 Å². The van der Waals surface area contributed by atoms with Crippen molar-refractivity contribution in [2.24, 2.45) is 0 Å². The molecule has 0 aliphatic carbocycles. The van der Waals surface area contributed by atoms with Crippen LogP contribution >= 0.6 is 0 Å². The highest BCUT2D eigenvalue weighted by Crippen LogP contribution is 2.16. The molecule has 0 aliphatic heterocycles. The molecule has 0 heterocycles. The number of nitrogens with one attached hydrogen (secondary N) is 1. The lowest BCUT2D eigenvalue weighted by molar-refractivity contribution is -0.116. The highest BCUT2D eigenvalue weighted by Gasteiger charge is 2.03. The lowest BCUT2D eigenvalue weighted by atomic mass is 10.1. The van der Waals surface area contributed by atoms with Gasteiger partial charge in [-0.05, 0) is 30.7 Å². The van der Waals surface area contributed by atoms with Gasteiger partial charge in [-0.15, -0.1) is 0 Å². The van der Waals surface area contributed by atoms with E-state index in [0.29, 0.717) is 17.9 Å². The molecule has 0 unspecified atom stereocenters. The van der Waals surface area contributed by atoms with Crippen molar-refractivity contribution in [3.8, 4) is 5.75 Å². The molecule has 1 rings (SSSR count). The Bertz CT molecular complexity index is 442. The third-order valence-electron chi connectivity index (χ3n) is 3.80. The van der Waals surface area contributed by atoms with Crippen LogP contribution in [0.5, 0.6) is 5.75 Å². The van der Waals surface area contributed by atoms with Gasteiger partial charge in [-0.2, -0.15) is 0 Å². The molecule has 0 spiro atoms. The first kappa shape index (κ1) is 19.2. The molecule has 1 aromatic rings. The van der Waals surface area contributed by atoms with E-state index in [9.17, 15) is 9.59 Å². The molecule has 0 bridgehead atoms. The second-order valence-corrected chi connectivity index (χ2v) is 5.84. The van der Waals surface area contributed by atoms with E-state index in [4.69, 9.17) is 0 Å². The number of benzene rings is 1. The Balaban J connectivity index is 2.04. The maximum absolute atomic E-state index is 11.8. The van der Waals surface area contributed by atoms with E-state index in [1.54, 1.807) is 24.3 Å². The predicted molar refractivity (Wildman–Crippen MR) is 93.2 cm³/mol. The molecule has 0 atom stereocenters. The Morgan fingerprint density at radius 2 is 1.52 bits per heavy atom. The summed E-state index contributed by atoms with van der Waals surface area (Å²) in [4.78, 5) is 21.9. The summed E-state index contributed by atoms with van der Waals surface area (Å²) in [6.07, 6.45) is 11.7. The molecule has 1 N–H and O–H groups in total. The van der Waals surface area contributed by atoms with Gasteiger partial charge >= 0.3 is 6.47 Å². The van der Waals surface area contributed by atoms with Crippen LogP contribution in [0.15, 0.2) is 24.3 Å². The van der Waals surface area contributed by atoms with Crippen molar-refractivity contribution in [2.75, 3.05) is 5.32 Å². The fraction of sp³-hybridized carbons (Fsp3) is 0.579. The van der Waals surface area contributed by atoms with Gasteiger partial charge in [-0.1, -0.05) is 58.3 Å². The first-order valence-corrected chi connectivity index (χ1v) is 8.70. The predicted octanol–water partition coefficient (Wildman–Crippen LogP) is 4.99. The summed E-state index contributed by atoms with van der Waals surface area (Å²) in [5, 5.41) is 2.84. The second-order valence-electron chi connectivity index (χ2n) is 5.84. The van der Waals surface area contributed by atoms with Crippen molar-refractivity contribution in [2.45, 2.75) is 71.1 Å². The molecule has 4 heteroatoms. The van der Waals surface area contributed by atoms with Crippen LogP contribution in [0.25, 0.3) is 0 Å². The standard InChI is InChI=1S/C19H28NO3/c1-2-3-4-5-6-7-8-9-10-11-19(22)20-17-12-14-18(15-13-17)23-16-21/h12-15H,2-11H2,1H3,(H,20,22). The number of carbonyl (C=O) groups is 1. The Morgan fingerprint density at radius 3 is 2.09 bits per heavy atom. The fourth-order valence-electron chi connectivity index (χ4n) is 2.47. The van der Waals surface area contributed by atoms with Crippen molar-refractivity contribution in [1.29, 1.82) is 0 Å². The van der Waals surface area contributed by atoms with Gasteiger partial charge in [0, 0.05) is 12.1 Å². The maximum Gasteiger partial charge on any atom is 0.423 e. The summed E-state index contributed by atoms with van der Waals surface area (Å²) in [7, 11) is 0. The minimum atomic E-state index is 0.0311. The van der Waals surface area contributed by atoms with Crippen LogP contribution < -0.4 is 10.1 Å². The normalized spacial score (nSPS) is 10.3. The van der Waals surface area contributed by atoms with Gasteiger partial charge in [0.25, 0.3) is 0 Å². The first-order valence-electron chi connectivity index (χ1n) is 8.70. The van der Waals surface area contributed by atoms with Crippen molar-refractivity contribution >= 4 is 18.1 Å². The minimum Gasteiger partial charge on any atom is -0.418 e. The van der Waals surface area contributed by atoms with Gasteiger partial charge in [-0.25, -0.2) is 4.79 Å². The zero-order chi connectivity index (χ0) is 16.8. The minimum absolute atomic E-state index is 0.0311. The lowest BCUT2D eigenvalue weighted by Gasteiger charge is -2.06. The molecule has 1 aromatic carbocycles. The molecule has 127 valence electrons. The summed E-state index contributed by atoms with van der Waals surface area (Å²) in [5.41, 5.74) is 0.712.